The van der Waals surface area contributed by atoms with E-state index in [4.69, 9.17) is 4.74 Å². The van der Waals surface area contributed by atoms with Crippen LogP contribution in [0, 0.1) is 10.1 Å². The Kier molecular flexibility index (Phi) is 6.87. The molecule has 27 heavy (non-hydrogen) atoms. The number of ether oxygens (including phenoxy) is 1. The molecule has 0 saturated carbocycles. The standard InChI is InChI=1S/C19H21N3O5/c1-13(18(23)21-11-10-14-6-4-3-5-7-14)27-19(24)16-12-15(22(25)26)8-9-17(16)20-2/h3-9,12-13,20H,10-11H2,1-2H3,(H,21,23)/t13-/m0/s1. The average molecular weight is 371 g/mol. The molecule has 0 saturated heterocycles. The van der Waals surface area contributed by atoms with E-state index in [-0.39, 0.29) is 11.3 Å². The Morgan fingerprint density at radius 3 is 2.52 bits per heavy atom. The van der Waals surface area contributed by atoms with Gasteiger partial charge in [-0.1, -0.05) is 30.3 Å². The Hall–Kier alpha value is -3.42. The molecule has 8 heteroatoms. The van der Waals surface area contributed by atoms with Gasteiger partial charge in [-0.05, 0) is 25.0 Å². The second kappa shape index (κ2) is 9.33. The Bertz CT molecular complexity index is 823. The predicted molar refractivity (Wildman–Crippen MR) is 101 cm³/mol. The van der Waals surface area contributed by atoms with Gasteiger partial charge >= 0.3 is 5.97 Å². The third kappa shape index (κ3) is 5.53. The number of non-ortho nitro benzene ring substituents is 1. The SMILES string of the molecule is CNc1ccc([N+](=O)[O-])cc1C(=O)O[C@@H](C)C(=O)NCCc1ccccc1. The summed E-state index contributed by atoms with van der Waals surface area (Å²) in [4.78, 5) is 34.8. The number of benzene rings is 2. The number of nitro groups is 1. The van der Waals surface area contributed by atoms with Gasteiger partial charge in [0.25, 0.3) is 11.6 Å². The van der Waals surface area contributed by atoms with Crippen molar-refractivity contribution in [3.63, 3.8) is 0 Å². The highest BCUT2D eigenvalue weighted by molar-refractivity contribution is 5.98. The Labute approximate surface area is 156 Å². The van der Waals surface area contributed by atoms with Gasteiger partial charge in [0.15, 0.2) is 6.10 Å². The smallest absolute Gasteiger partial charge is 0.341 e. The van der Waals surface area contributed by atoms with Gasteiger partial charge in [-0.3, -0.25) is 14.9 Å². The molecule has 0 aromatic heterocycles. The zero-order chi connectivity index (χ0) is 19.8. The van der Waals surface area contributed by atoms with Crippen LogP contribution in [0.15, 0.2) is 48.5 Å². The van der Waals surface area contributed by atoms with Crippen LogP contribution in [-0.2, 0) is 16.0 Å². The topological polar surface area (TPSA) is 111 Å². The molecule has 1 amide bonds. The lowest BCUT2D eigenvalue weighted by Gasteiger charge is -2.15. The minimum Gasteiger partial charge on any atom is -0.449 e. The first-order valence-electron chi connectivity index (χ1n) is 8.41. The van der Waals surface area contributed by atoms with Crippen molar-refractivity contribution < 1.29 is 19.2 Å². The summed E-state index contributed by atoms with van der Waals surface area (Å²) in [7, 11) is 1.58. The van der Waals surface area contributed by atoms with Gasteiger partial charge in [-0.15, -0.1) is 0 Å². The van der Waals surface area contributed by atoms with E-state index in [0.717, 1.165) is 11.6 Å². The number of carbonyl (C=O) groups excluding carboxylic acids is 2. The molecule has 0 bridgehead atoms. The van der Waals surface area contributed by atoms with E-state index in [1.165, 1.54) is 19.1 Å². The van der Waals surface area contributed by atoms with Crippen LogP contribution < -0.4 is 10.6 Å². The van der Waals surface area contributed by atoms with Crippen LogP contribution in [0.4, 0.5) is 11.4 Å². The van der Waals surface area contributed by atoms with Crippen molar-refractivity contribution in [1.29, 1.82) is 0 Å². The number of hydrogen-bond donors (Lipinski definition) is 2. The molecule has 2 rings (SSSR count). The van der Waals surface area contributed by atoms with Gasteiger partial charge in [0.05, 0.1) is 10.5 Å². The van der Waals surface area contributed by atoms with Gasteiger partial charge in [0.1, 0.15) is 0 Å². The lowest BCUT2D eigenvalue weighted by atomic mass is 10.1. The number of anilines is 1. The number of rotatable bonds is 8. The van der Waals surface area contributed by atoms with E-state index in [2.05, 4.69) is 10.6 Å². The predicted octanol–water partition coefficient (Wildman–Crippen LogP) is 2.54. The molecule has 0 radical (unpaired) electrons. The van der Waals surface area contributed by atoms with E-state index in [9.17, 15) is 19.7 Å². The fourth-order valence-corrected chi connectivity index (χ4v) is 2.43. The lowest BCUT2D eigenvalue weighted by molar-refractivity contribution is -0.384. The minimum atomic E-state index is -1.03. The number of amides is 1. The molecular formula is C19H21N3O5. The number of esters is 1. The van der Waals surface area contributed by atoms with Crippen LogP contribution in [0.2, 0.25) is 0 Å². The third-order valence-corrected chi connectivity index (χ3v) is 3.91. The summed E-state index contributed by atoms with van der Waals surface area (Å²) < 4.78 is 5.16. The Morgan fingerprint density at radius 1 is 1.19 bits per heavy atom. The van der Waals surface area contributed by atoms with E-state index in [0.29, 0.717) is 18.7 Å². The molecule has 0 unspecified atom stereocenters. The first-order chi connectivity index (χ1) is 12.9. The van der Waals surface area contributed by atoms with Crippen LogP contribution in [0.25, 0.3) is 0 Å². The van der Waals surface area contributed by atoms with Gasteiger partial charge < -0.3 is 15.4 Å². The van der Waals surface area contributed by atoms with Crippen LogP contribution in [0.1, 0.15) is 22.8 Å². The minimum absolute atomic E-state index is 0.00404. The molecule has 0 heterocycles. The second-order valence-corrected chi connectivity index (χ2v) is 5.81. The van der Waals surface area contributed by atoms with Gasteiger partial charge in [-0.2, -0.15) is 0 Å². The maximum Gasteiger partial charge on any atom is 0.341 e. The Morgan fingerprint density at radius 2 is 1.89 bits per heavy atom. The van der Waals surface area contributed by atoms with Gasteiger partial charge in [-0.25, -0.2) is 4.79 Å². The number of hydrogen-bond acceptors (Lipinski definition) is 6. The number of nitrogens with one attached hydrogen (secondary N) is 2. The molecule has 8 nitrogen and oxygen atoms in total. The van der Waals surface area contributed by atoms with E-state index >= 15 is 0 Å². The number of nitrogens with zero attached hydrogens (tertiary/aromatic N) is 1. The summed E-state index contributed by atoms with van der Waals surface area (Å²) in [6, 6.07) is 13.5. The summed E-state index contributed by atoms with van der Waals surface area (Å²) in [5.41, 5.74) is 1.22. The number of nitro benzene ring substituents is 1. The van der Waals surface area contributed by atoms with Gasteiger partial charge in [0.2, 0.25) is 0 Å². The van der Waals surface area contributed by atoms with Crippen LogP contribution in [-0.4, -0.2) is 36.5 Å². The van der Waals surface area contributed by atoms with Crippen LogP contribution in [0.5, 0.6) is 0 Å². The molecule has 0 aliphatic rings. The molecule has 0 aliphatic heterocycles. The van der Waals surface area contributed by atoms with E-state index < -0.39 is 22.9 Å². The Balaban J connectivity index is 1.95. The van der Waals surface area contributed by atoms with Gasteiger partial charge in [0, 0.05) is 31.4 Å². The molecule has 142 valence electrons. The molecule has 1 atom stereocenters. The van der Waals surface area contributed by atoms with Crippen molar-refractivity contribution in [2.75, 3.05) is 18.9 Å². The summed E-state index contributed by atoms with van der Waals surface area (Å²) in [5.74, 6) is -1.25. The lowest BCUT2D eigenvalue weighted by Crippen LogP contribution is -2.37. The molecule has 0 aliphatic carbocycles. The van der Waals surface area contributed by atoms with Crippen molar-refractivity contribution in [1.82, 2.24) is 5.32 Å². The highest BCUT2D eigenvalue weighted by Gasteiger charge is 2.22. The first kappa shape index (κ1) is 19.9. The quantitative estimate of drug-likeness (QED) is 0.419. The molecule has 2 aromatic rings. The fraction of sp³-hybridized carbons (Fsp3) is 0.263. The number of carbonyl (C=O) groups is 2. The van der Waals surface area contributed by atoms with Crippen molar-refractivity contribution >= 4 is 23.3 Å². The van der Waals surface area contributed by atoms with Crippen molar-refractivity contribution in [3.05, 3.63) is 69.8 Å². The summed E-state index contributed by atoms with van der Waals surface area (Å²) in [6.45, 7) is 1.86. The zero-order valence-corrected chi connectivity index (χ0v) is 15.1. The monoisotopic (exact) mass is 371 g/mol. The molecule has 0 fully saturated rings. The van der Waals surface area contributed by atoms with E-state index in [1.54, 1.807) is 7.05 Å². The molecular weight excluding hydrogens is 350 g/mol. The maximum atomic E-state index is 12.3. The second-order valence-electron chi connectivity index (χ2n) is 5.81. The highest BCUT2D eigenvalue weighted by Crippen LogP contribution is 2.23. The van der Waals surface area contributed by atoms with Crippen molar-refractivity contribution in [2.24, 2.45) is 0 Å². The fourth-order valence-electron chi connectivity index (χ4n) is 2.43. The summed E-state index contributed by atoms with van der Waals surface area (Å²) in [5, 5.41) is 16.4. The maximum absolute atomic E-state index is 12.3. The summed E-state index contributed by atoms with van der Waals surface area (Å²) in [6.07, 6.45) is -0.376. The average Bonchev–Trinajstić information content (AvgIpc) is 2.67. The van der Waals surface area contributed by atoms with Crippen LogP contribution >= 0.6 is 0 Å². The largest absolute Gasteiger partial charge is 0.449 e. The summed E-state index contributed by atoms with van der Waals surface area (Å²) >= 11 is 0. The zero-order valence-electron chi connectivity index (χ0n) is 15.1. The molecule has 2 N–H and O–H groups in total. The molecule has 0 spiro atoms. The van der Waals surface area contributed by atoms with Crippen molar-refractivity contribution in [2.45, 2.75) is 19.4 Å². The van der Waals surface area contributed by atoms with Crippen molar-refractivity contribution in [3.8, 4) is 0 Å². The highest BCUT2D eigenvalue weighted by atomic mass is 16.6. The normalized spacial score (nSPS) is 11.3. The first-order valence-corrected chi connectivity index (χ1v) is 8.41. The van der Waals surface area contributed by atoms with Crippen LogP contribution in [0.3, 0.4) is 0 Å². The third-order valence-electron chi connectivity index (χ3n) is 3.91. The van der Waals surface area contributed by atoms with E-state index in [1.807, 2.05) is 30.3 Å². The molecule has 2 aromatic carbocycles.